The molecule has 19 heavy (non-hydrogen) atoms. The van der Waals surface area contributed by atoms with Gasteiger partial charge in [-0.05, 0) is 43.2 Å². The minimum absolute atomic E-state index is 0.0487. The largest absolute Gasteiger partial charge is 0.496 e. The molecule has 1 aromatic heterocycles. The van der Waals surface area contributed by atoms with Crippen LogP contribution in [0.15, 0.2) is 30.7 Å². The summed E-state index contributed by atoms with van der Waals surface area (Å²) in [5.41, 5.74) is 3.35. The SMILES string of the molecule is COc1c(C)cc(C(=O)Cc2ccncn2)cc1C. The number of methoxy groups -OCH3 is 1. The zero-order chi connectivity index (χ0) is 13.8. The highest BCUT2D eigenvalue weighted by molar-refractivity contribution is 5.97. The third kappa shape index (κ3) is 2.96. The topological polar surface area (TPSA) is 52.1 Å². The van der Waals surface area contributed by atoms with Crippen molar-refractivity contribution in [2.75, 3.05) is 7.11 Å². The van der Waals surface area contributed by atoms with Crippen LogP contribution in [0.3, 0.4) is 0 Å². The Morgan fingerprint density at radius 1 is 1.26 bits per heavy atom. The first-order chi connectivity index (χ1) is 9.11. The van der Waals surface area contributed by atoms with Gasteiger partial charge in [-0.2, -0.15) is 0 Å². The van der Waals surface area contributed by atoms with E-state index in [1.54, 1.807) is 19.4 Å². The van der Waals surface area contributed by atoms with Crippen LogP contribution < -0.4 is 4.74 Å². The normalized spacial score (nSPS) is 10.3. The molecule has 1 heterocycles. The molecule has 0 aliphatic carbocycles. The maximum absolute atomic E-state index is 12.2. The number of carbonyl (C=O) groups excluding carboxylic acids is 1. The number of hydrogen-bond donors (Lipinski definition) is 0. The van der Waals surface area contributed by atoms with E-state index in [9.17, 15) is 4.79 Å². The first kappa shape index (κ1) is 13.2. The molecule has 0 unspecified atom stereocenters. The summed E-state index contributed by atoms with van der Waals surface area (Å²) in [6.07, 6.45) is 3.38. The van der Waals surface area contributed by atoms with Gasteiger partial charge >= 0.3 is 0 Å². The van der Waals surface area contributed by atoms with Crippen LogP contribution >= 0.6 is 0 Å². The molecule has 0 aliphatic rings. The van der Waals surface area contributed by atoms with E-state index in [1.807, 2.05) is 26.0 Å². The van der Waals surface area contributed by atoms with E-state index in [1.165, 1.54) is 6.33 Å². The summed E-state index contributed by atoms with van der Waals surface area (Å²) in [6, 6.07) is 5.46. The zero-order valence-electron chi connectivity index (χ0n) is 11.3. The molecule has 0 spiro atoms. The highest BCUT2D eigenvalue weighted by Crippen LogP contribution is 2.24. The van der Waals surface area contributed by atoms with Crippen LogP contribution in [0.2, 0.25) is 0 Å². The smallest absolute Gasteiger partial charge is 0.168 e. The molecule has 0 atom stereocenters. The summed E-state index contributed by atoms with van der Waals surface area (Å²) in [7, 11) is 1.64. The number of rotatable bonds is 4. The molecule has 1 aromatic carbocycles. The van der Waals surface area contributed by atoms with Crippen molar-refractivity contribution >= 4 is 5.78 Å². The monoisotopic (exact) mass is 256 g/mol. The van der Waals surface area contributed by atoms with E-state index in [2.05, 4.69) is 9.97 Å². The summed E-state index contributed by atoms with van der Waals surface area (Å²) in [4.78, 5) is 20.1. The molecule has 0 saturated heterocycles. The fourth-order valence-corrected chi connectivity index (χ4v) is 2.12. The molecule has 0 amide bonds. The van der Waals surface area contributed by atoms with Crippen molar-refractivity contribution in [2.24, 2.45) is 0 Å². The number of aromatic nitrogens is 2. The lowest BCUT2D eigenvalue weighted by atomic mass is 10.0. The molecular formula is C15H16N2O2. The second kappa shape index (κ2) is 5.61. The van der Waals surface area contributed by atoms with Gasteiger partial charge in [-0.15, -0.1) is 0 Å². The maximum atomic E-state index is 12.2. The lowest BCUT2D eigenvalue weighted by Gasteiger charge is -2.10. The van der Waals surface area contributed by atoms with Crippen LogP contribution in [0, 0.1) is 13.8 Å². The maximum Gasteiger partial charge on any atom is 0.168 e. The van der Waals surface area contributed by atoms with Gasteiger partial charge in [0.05, 0.1) is 19.2 Å². The van der Waals surface area contributed by atoms with Gasteiger partial charge in [-0.1, -0.05) is 0 Å². The van der Waals surface area contributed by atoms with E-state index in [-0.39, 0.29) is 12.2 Å². The van der Waals surface area contributed by atoms with Crippen molar-refractivity contribution in [3.05, 3.63) is 53.1 Å². The Morgan fingerprint density at radius 3 is 2.47 bits per heavy atom. The number of ketones is 1. The molecule has 2 rings (SSSR count). The van der Waals surface area contributed by atoms with Crippen LogP contribution in [-0.2, 0) is 6.42 Å². The van der Waals surface area contributed by atoms with Gasteiger partial charge in [-0.3, -0.25) is 4.79 Å². The first-order valence-corrected chi connectivity index (χ1v) is 6.05. The van der Waals surface area contributed by atoms with Crippen LogP contribution in [-0.4, -0.2) is 22.9 Å². The summed E-state index contributed by atoms with van der Waals surface area (Å²) in [5, 5.41) is 0. The van der Waals surface area contributed by atoms with E-state index in [0.29, 0.717) is 5.56 Å². The molecule has 0 aliphatic heterocycles. The van der Waals surface area contributed by atoms with Gasteiger partial charge in [0, 0.05) is 11.8 Å². The first-order valence-electron chi connectivity index (χ1n) is 6.05. The van der Waals surface area contributed by atoms with E-state index < -0.39 is 0 Å². The highest BCUT2D eigenvalue weighted by Gasteiger charge is 2.12. The van der Waals surface area contributed by atoms with Gasteiger partial charge in [0.2, 0.25) is 0 Å². The van der Waals surface area contributed by atoms with Crippen LogP contribution in [0.25, 0.3) is 0 Å². The van der Waals surface area contributed by atoms with Crippen LogP contribution in [0.4, 0.5) is 0 Å². The molecular weight excluding hydrogens is 240 g/mol. The molecule has 2 aromatic rings. The van der Waals surface area contributed by atoms with Crippen molar-refractivity contribution in [1.29, 1.82) is 0 Å². The number of nitrogens with zero attached hydrogens (tertiary/aromatic N) is 2. The predicted octanol–water partition coefficient (Wildman–Crippen LogP) is 2.53. The van der Waals surface area contributed by atoms with Crippen molar-refractivity contribution in [2.45, 2.75) is 20.3 Å². The van der Waals surface area contributed by atoms with Crippen molar-refractivity contribution < 1.29 is 9.53 Å². The number of carbonyl (C=O) groups is 1. The number of Topliss-reactive ketones (excluding diaryl/α,β-unsaturated/α-hetero) is 1. The quantitative estimate of drug-likeness (QED) is 0.789. The summed E-state index contributed by atoms with van der Waals surface area (Å²) in [5.74, 6) is 0.881. The molecule has 0 bridgehead atoms. The number of ether oxygens (including phenoxy) is 1. The van der Waals surface area contributed by atoms with Crippen molar-refractivity contribution in [3.63, 3.8) is 0 Å². The van der Waals surface area contributed by atoms with Gasteiger partial charge < -0.3 is 4.74 Å². The van der Waals surface area contributed by atoms with Gasteiger partial charge in [0.1, 0.15) is 12.1 Å². The Labute approximate surface area is 112 Å². The number of aryl methyl sites for hydroxylation is 2. The van der Waals surface area contributed by atoms with E-state index >= 15 is 0 Å². The standard InChI is InChI=1S/C15H16N2O2/c1-10-6-12(7-11(2)15(10)19-3)14(18)8-13-4-5-16-9-17-13/h4-7,9H,8H2,1-3H3. The van der Waals surface area contributed by atoms with Gasteiger partial charge in [0.15, 0.2) is 5.78 Å². The second-order valence-electron chi connectivity index (χ2n) is 4.44. The fraction of sp³-hybridized carbons (Fsp3) is 0.267. The van der Waals surface area contributed by atoms with Crippen molar-refractivity contribution in [1.82, 2.24) is 9.97 Å². The molecule has 0 saturated carbocycles. The summed E-state index contributed by atoms with van der Waals surface area (Å²) < 4.78 is 5.30. The van der Waals surface area contributed by atoms with Crippen molar-refractivity contribution in [3.8, 4) is 5.75 Å². The summed E-state index contributed by atoms with van der Waals surface area (Å²) >= 11 is 0. The Hall–Kier alpha value is -2.23. The van der Waals surface area contributed by atoms with E-state index in [0.717, 1.165) is 22.6 Å². The minimum Gasteiger partial charge on any atom is -0.496 e. The zero-order valence-corrected chi connectivity index (χ0v) is 11.3. The minimum atomic E-state index is 0.0487. The average Bonchev–Trinajstić information content (AvgIpc) is 2.39. The molecule has 98 valence electrons. The average molecular weight is 256 g/mol. The lowest BCUT2D eigenvalue weighted by Crippen LogP contribution is -2.06. The molecule has 0 fully saturated rings. The third-order valence-electron chi connectivity index (χ3n) is 2.97. The Balaban J connectivity index is 2.25. The highest BCUT2D eigenvalue weighted by atomic mass is 16.5. The molecule has 4 nitrogen and oxygen atoms in total. The third-order valence-corrected chi connectivity index (χ3v) is 2.97. The molecule has 0 N–H and O–H groups in total. The van der Waals surface area contributed by atoms with Gasteiger partial charge in [-0.25, -0.2) is 9.97 Å². The lowest BCUT2D eigenvalue weighted by molar-refractivity contribution is 0.0991. The van der Waals surface area contributed by atoms with Crippen LogP contribution in [0.1, 0.15) is 27.2 Å². The molecule has 0 radical (unpaired) electrons. The Bertz CT molecular complexity index is 571. The number of hydrogen-bond acceptors (Lipinski definition) is 4. The van der Waals surface area contributed by atoms with Crippen LogP contribution in [0.5, 0.6) is 5.75 Å². The fourth-order valence-electron chi connectivity index (χ4n) is 2.12. The molecule has 4 heteroatoms. The van der Waals surface area contributed by atoms with Gasteiger partial charge in [0.25, 0.3) is 0 Å². The second-order valence-corrected chi connectivity index (χ2v) is 4.44. The summed E-state index contributed by atoms with van der Waals surface area (Å²) in [6.45, 7) is 3.88. The number of benzene rings is 1. The Kier molecular flexibility index (Phi) is 3.90. The predicted molar refractivity (Wildman–Crippen MR) is 72.5 cm³/mol. The Morgan fingerprint density at radius 2 is 1.95 bits per heavy atom. The van der Waals surface area contributed by atoms with E-state index in [4.69, 9.17) is 4.74 Å².